The number of rotatable bonds is 6. The lowest BCUT2D eigenvalue weighted by atomic mass is 10.3. The van der Waals surface area contributed by atoms with Crippen molar-refractivity contribution in [3.8, 4) is 11.5 Å². The number of hydrogen-bond acceptors (Lipinski definition) is 6. The second-order valence-corrected chi connectivity index (χ2v) is 4.97. The van der Waals surface area contributed by atoms with Crippen molar-refractivity contribution in [2.75, 3.05) is 24.9 Å². The maximum absolute atomic E-state index is 5.24. The molecule has 6 heteroatoms. The number of aromatic nitrogens is 2. The summed E-state index contributed by atoms with van der Waals surface area (Å²) in [4.78, 5) is 8.72. The van der Waals surface area contributed by atoms with Crippen molar-refractivity contribution in [2.24, 2.45) is 0 Å². The number of nitrogens with zero attached hydrogens (tertiary/aromatic N) is 2. The van der Waals surface area contributed by atoms with Crippen molar-refractivity contribution in [3.63, 3.8) is 0 Å². The average Bonchev–Trinajstić information content (AvgIpc) is 2.64. The molecule has 2 aromatic carbocycles. The molecular weight excluding hydrogens is 304 g/mol. The van der Waals surface area contributed by atoms with E-state index in [0.717, 1.165) is 22.9 Å². The van der Waals surface area contributed by atoms with Crippen LogP contribution in [-0.2, 0) is 0 Å². The predicted octanol–water partition coefficient (Wildman–Crippen LogP) is 3.98. The standard InChI is InChI=1S/C18H18N4O2/c1-23-15-7-3-5-13(11-15)21-17-18(20-10-9-19-17)22-14-6-4-8-16(12-14)24-2/h3-12H,1-2H3,(H,19,21)(H,20,22). The van der Waals surface area contributed by atoms with E-state index in [1.54, 1.807) is 26.6 Å². The summed E-state index contributed by atoms with van der Waals surface area (Å²) in [5.41, 5.74) is 1.73. The third-order valence-electron chi connectivity index (χ3n) is 3.36. The highest BCUT2D eigenvalue weighted by Gasteiger charge is 2.07. The summed E-state index contributed by atoms with van der Waals surface area (Å²) in [6, 6.07) is 15.3. The number of methoxy groups -OCH3 is 2. The van der Waals surface area contributed by atoms with E-state index in [1.165, 1.54) is 0 Å². The van der Waals surface area contributed by atoms with Gasteiger partial charge in [0, 0.05) is 35.9 Å². The van der Waals surface area contributed by atoms with Gasteiger partial charge in [0.1, 0.15) is 11.5 Å². The molecule has 0 bridgehead atoms. The SMILES string of the molecule is COc1cccc(Nc2nccnc2Nc2cccc(OC)c2)c1. The number of hydrogen-bond donors (Lipinski definition) is 2. The minimum Gasteiger partial charge on any atom is -0.497 e. The van der Waals surface area contributed by atoms with Gasteiger partial charge in [-0.2, -0.15) is 0 Å². The molecule has 6 nitrogen and oxygen atoms in total. The summed E-state index contributed by atoms with van der Waals surface area (Å²) in [5, 5.41) is 6.50. The van der Waals surface area contributed by atoms with Gasteiger partial charge in [-0.3, -0.25) is 0 Å². The zero-order valence-electron chi connectivity index (χ0n) is 13.5. The van der Waals surface area contributed by atoms with Crippen molar-refractivity contribution in [1.29, 1.82) is 0 Å². The Hall–Kier alpha value is -3.28. The Labute approximate surface area is 140 Å². The molecule has 1 heterocycles. The average molecular weight is 322 g/mol. The van der Waals surface area contributed by atoms with Crippen molar-refractivity contribution in [2.45, 2.75) is 0 Å². The molecule has 0 saturated heterocycles. The van der Waals surface area contributed by atoms with Gasteiger partial charge in [-0.1, -0.05) is 12.1 Å². The second kappa shape index (κ2) is 7.32. The van der Waals surface area contributed by atoms with Crippen molar-refractivity contribution in [3.05, 3.63) is 60.9 Å². The molecule has 0 unspecified atom stereocenters. The van der Waals surface area contributed by atoms with Crippen LogP contribution in [0.1, 0.15) is 0 Å². The van der Waals surface area contributed by atoms with Crippen LogP contribution in [0.15, 0.2) is 60.9 Å². The molecule has 0 atom stereocenters. The summed E-state index contributed by atoms with van der Waals surface area (Å²) < 4.78 is 10.5. The van der Waals surface area contributed by atoms with Crippen LogP contribution in [0.5, 0.6) is 11.5 Å². The Morgan fingerprint density at radius 1 is 0.708 bits per heavy atom. The number of anilines is 4. The molecular formula is C18H18N4O2. The predicted molar refractivity (Wildman–Crippen MR) is 94.6 cm³/mol. The third kappa shape index (κ3) is 3.73. The van der Waals surface area contributed by atoms with Gasteiger partial charge in [-0.05, 0) is 24.3 Å². The highest BCUT2D eigenvalue weighted by molar-refractivity contribution is 5.72. The summed E-state index contributed by atoms with van der Waals surface area (Å²) in [6.45, 7) is 0. The fraction of sp³-hybridized carbons (Fsp3) is 0.111. The smallest absolute Gasteiger partial charge is 0.173 e. The molecule has 0 fully saturated rings. The maximum atomic E-state index is 5.24. The fourth-order valence-electron chi connectivity index (χ4n) is 2.20. The van der Waals surface area contributed by atoms with Crippen LogP contribution in [0, 0.1) is 0 Å². The summed E-state index contributed by atoms with van der Waals surface area (Å²) >= 11 is 0. The van der Waals surface area contributed by atoms with Gasteiger partial charge in [0.2, 0.25) is 0 Å². The van der Waals surface area contributed by atoms with Crippen LogP contribution in [0.25, 0.3) is 0 Å². The topological polar surface area (TPSA) is 68.3 Å². The molecule has 122 valence electrons. The maximum Gasteiger partial charge on any atom is 0.173 e. The zero-order valence-corrected chi connectivity index (χ0v) is 13.5. The summed E-state index contributed by atoms with van der Waals surface area (Å²) in [7, 11) is 3.27. The van der Waals surface area contributed by atoms with Crippen LogP contribution in [0.2, 0.25) is 0 Å². The van der Waals surface area contributed by atoms with Crippen molar-refractivity contribution in [1.82, 2.24) is 9.97 Å². The Morgan fingerprint density at radius 2 is 1.17 bits per heavy atom. The molecule has 1 aromatic heterocycles. The number of benzene rings is 2. The Bertz CT molecular complexity index is 755. The molecule has 0 spiro atoms. The van der Waals surface area contributed by atoms with Gasteiger partial charge in [-0.15, -0.1) is 0 Å². The van der Waals surface area contributed by atoms with E-state index in [9.17, 15) is 0 Å². The first-order chi connectivity index (χ1) is 11.8. The van der Waals surface area contributed by atoms with E-state index in [-0.39, 0.29) is 0 Å². The summed E-state index contributed by atoms with van der Waals surface area (Å²) in [5.74, 6) is 2.78. The van der Waals surface area contributed by atoms with Crippen molar-refractivity contribution < 1.29 is 9.47 Å². The Balaban J connectivity index is 1.84. The zero-order chi connectivity index (χ0) is 16.8. The first-order valence-corrected chi connectivity index (χ1v) is 7.41. The van der Waals surface area contributed by atoms with Crippen LogP contribution < -0.4 is 20.1 Å². The monoisotopic (exact) mass is 322 g/mol. The molecule has 24 heavy (non-hydrogen) atoms. The Morgan fingerprint density at radius 3 is 1.58 bits per heavy atom. The van der Waals surface area contributed by atoms with Crippen LogP contribution >= 0.6 is 0 Å². The second-order valence-electron chi connectivity index (χ2n) is 4.97. The molecule has 3 rings (SSSR count). The lowest BCUT2D eigenvalue weighted by Crippen LogP contribution is -2.02. The lowest BCUT2D eigenvalue weighted by Gasteiger charge is -2.12. The fourth-order valence-corrected chi connectivity index (χ4v) is 2.20. The van der Waals surface area contributed by atoms with Gasteiger partial charge < -0.3 is 20.1 Å². The quantitative estimate of drug-likeness (QED) is 0.715. The molecule has 0 aliphatic heterocycles. The van der Waals surface area contributed by atoms with Crippen LogP contribution in [0.3, 0.4) is 0 Å². The highest BCUT2D eigenvalue weighted by Crippen LogP contribution is 2.27. The first-order valence-electron chi connectivity index (χ1n) is 7.41. The van der Waals surface area contributed by atoms with Gasteiger partial charge in [0.05, 0.1) is 14.2 Å². The van der Waals surface area contributed by atoms with E-state index >= 15 is 0 Å². The molecule has 0 aliphatic carbocycles. The van der Waals surface area contributed by atoms with E-state index in [1.807, 2.05) is 48.5 Å². The normalized spacial score (nSPS) is 10.1. The highest BCUT2D eigenvalue weighted by atomic mass is 16.5. The molecule has 0 aliphatic rings. The molecule has 3 aromatic rings. The summed E-state index contributed by atoms with van der Waals surface area (Å²) in [6.07, 6.45) is 3.28. The van der Waals surface area contributed by atoms with E-state index in [2.05, 4.69) is 20.6 Å². The molecule has 0 radical (unpaired) electrons. The largest absolute Gasteiger partial charge is 0.497 e. The number of ether oxygens (including phenoxy) is 2. The lowest BCUT2D eigenvalue weighted by molar-refractivity contribution is 0.415. The first kappa shape index (κ1) is 15.6. The van der Waals surface area contributed by atoms with Crippen LogP contribution in [-0.4, -0.2) is 24.2 Å². The molecule has 0 saturated carbocycles. The minimum atomic E-state index is 0.619. The van der Waals surface area contributed by atoms with Gasteiger partial charge in [0.15, 0.2) is 11.6 Å². The van der Waals surface area contributed by atoms with E-state index in [0.29, 0.717) is 11.6 Å². The molecule has 2 N–H and O–H groups in total. The third-order valence-corrected chi connectivity index (χ3v) is 3.36. The van der Waals surface area contributed by atoms with E-state index < -0.39 is 0 Å². The van der Waals surface area contributed by atoms with Crippen molar-refractivity contribution >= 4 is 23.0 Å². The van der Waals surface area contributed by atoms with E-state index in [4.69, 9.17) is 9.47 Å². The van der Waals surface area contributed by atoms with Crippen LogP contribution in [0.4, 0.5) is 23.0 Å². The van der Waals surface area contributed by atoms with Gasteiger partial charge in [0.25, 0.3) is 0 Å². The van der Waals surface area contributed by atoms with Gasteiger partial charge >= 0.3 is 0 Å². The molecule has 0 amide bonds. The Kier molecular flexibility index (Phi) is 4.76. The minimum absolute atomic E-state index is 0.619. The number of nitrogens with one attached hydrogen (secondary N) is 2. The van der Waals surface area contributed by atoms with Gasteiger partial charge in [-0.25, -0.2) is 9.97 Å².